The molecule has 118 valence electrons. The first-order chi connectivity index (χ1) is 11.3. The smallest absolute Gasteiger partial charge is 0.129 e. The Labute approximate surface area is 134 Å². The van der Waals surface area contributed by atoms with Gasteiger partial charge >= 0.3 is 0 Å². The Hall–Kier alpha value is -2.59. The van der Waals surface area contributed by atoms with Crippen LogP contribution in [0.5, 0.6) is 5.75 Å². The number of ether oxygens (including phenoxy) is 1. The summed E-state index contributed by atoms with van der Waals surface area (Å²) in [4.78, 5) is 0. The number of nitrogens with one attached hydrogen (secondary N) is 1. The molecule has 2 aromatic carbocycles. The Morgan fingerprint density at radius 3 is 2.70 bits per heavy atom. The van der Waals surface area contributed by atoms with E-state index >= 15 is 0 Å². The topological polar surface area (TPSA) is 34.4 Å². The molecule has 0 saturated carbocycles. The van der Waals surface area contributed by atoms with Gasteiger partial charge in [-0.3, -0.25) is 0 Å². The average molecular weight is 311 g/mol. The molecular formula is C19H18FNO2. The molecule has 0 fully saturated rings. The number of furan rings is 1. The maximum Gasteiger partial charge on any atom is 0.129 e. The Morgan fingerprint density at radius 1 is 0.957 bits per heavy atom. The molecule has 0 saturated heterocycles. The van der Waals surface area contributed by atoms with Crippen LogP contribution in [0.2, 0.25) is 0 Å². The Kier molecular flexibility index (Phi) is 5.06. The minimum atomic E-state index is -0.247. The molecule has 0 unspecified atom stereocenters. The molecule has 0 aliphatic carbocycles. The van der Waals surface area contributed by atoms with Crippen molar-refractivity contribution in [2.24, 2.45) is 0 Å². The summed E-state index contributed by atoms with van der Waals surface area (Å²) >= 11 is 0. The van der Waals surface area contributed by atoms with Crippen molar-refractivity contribution in [3.05, 3.63) is 89.6 Å². The van der Waals surface area contributed by atoms with Crippen LogP contribution in [0.15, 0.2) is 71.3 Å². The summed E-state index contributed by atoms with van der Waals surface area (Å²) in [5.74, 6) is 1.38. The maximum absolute atomic E-state index is 13.6. The highest BCUT2D eigenvalue weighted by molar-refractivity contribution is 5.29. The normalized spacial score (nSPS) is 10.7. The zero-order chi connectivity index (χ0) is 15.9. The zero-order valence-electron chi connectivity index (χ0n) is 12.7. The first-order valence-corrected chi connectivity index (χ1v) is 7.49. The van der Waals surface area contributed by atoms with Crippen LogP contribution in [0.4, 0.5) is 4.39 Å². The van der Waals surface area contributed by atoms with Crippen LogP contribution in [0, 0.1) is 5.82 Å². The average Bonchev–Trinajstić information content (AvgIpc) is 3.08. The van der Waals surface area contributed by atoms with E-state index < -0.39 is 0 Å². The monoisotopic (exact) mass is 311 g/mol. The minimum absolute atomic E-state index is 0.218. The van der Waals surface area contributed by atoms with Crippen LogP contribution >= 0.6 is 0 Å². The Balaban J connectivity index is 1.53. The van der Waals surface area contributed by atoms with E-state index in [4.69, 9.17) is 9.15 Å². The predicted octanol–water partition coefficient (Wildman–Crippen LogP) is 4.29. The SMILES string of the molecule is Fc1ccccc1COc1cccc(CNCc2ccco2)c1. The second-order valence-electron chi connectivity index (χ2n) is 5.21. The van der Waals surface area contributed by atoms with Crippen molar-refractivity contribution in [3.8, 4) is 5.75 Å². The largest absolute Gasteiger partial charge is 0.489 e. The van der Waals surface area contributed by atoms with Crippen molar-refractivity contribution in [2.75, 3.05) is 0 Å². The van der Waals surface area contributed by atoms with Gasteiger partial charge in [0, 0.05) is 12.1 Å². The van der Waals surface area contributed by atoms with Gasteiger partial charge in [0.15, 0.2) is 0 Å². The lowest BCUT2D eigenvalue weighted by Gasteiger charge is -2.09. The van der Waals surface area contributed by atoms with Gasteiger partial charge < -0.3 is 14.5 Å². The lowest BCUT2D eigenvalue weighted by Crippen LogP contribution is -2.12. The van der Waals surface area contributed by atoms with Crippen LogP contribution in [-0.2, 0) is 19.7 Å². The third kappa shape index (κ3) is 4.44. The van der Waals surface area contributed by atoms with Crippen LogP contribution in [0.3, 0.4) is 0 Å². The molecule has 23 heavy (non-hydrogen) atoms. The molecule has 0 bridgehead atoms. The van der Waals surface area contributed by atoms with E-state index in [9.17, 15) is 4.39 Å². The van der Waals surface area contributed by atoms with E-state index in [0.29, 0.717) is 18.7 Å². The van der Waals surface area contributed by atoms with E-state index in [1.807, 2.05) is 36.4 Å². The molecule has 0 radical (unpaired) electrons. The maximum atomic E-state index is 13.6. The minimum Gasteiger partial charge on any atom is -0.489 e. The molecule has 1 heterocycles. The molecule has 0 amide bonds. The van der Waals surface area contributed by atoms with Gasteiger partial charge in [-0.15, -0.1) is 0 Å². The fraction of sp³-hybridized carbons (Fsp3) is 0.158. The van der Waals surface area contributed by atoms with E-state index in [2.05, 4.69) is 5.32 Å². The molecule has 0 atom stereocenters. The second-order valence-corrected chi connectivity index (χ2v) is 5.21. The third-order valence-electron chi connectivity index (χ3n) is 3.46. The summed E-state index contributed by atoms with van der Waals surface area (Å²) < 4.78 is 24.5. The van der Waals surface area contributed by atoms with E-state index in [-0.39, 0.29) is 12.4 Å². The number of hydrogen-bond acceptors (Lipinski definition) is 3. The van der Waals surface area contributed by atoms with Crippen molar-refractivity contribution in [1.82, 2.24) is 5.32 Å². The molecule has 0 aliphatic rings. The molecule has 1 aromatic heterocycles. The number of hydrogen-bond donors (Lipinski definition) is 1. The highest BCUT2D eigenvalue weighted by Crippen LogP contribution is 2.16. The summed E-state index contributed by atoms with van der Waals surface area (Å²) in [6.07, 6.45) is 1.66. The third-order valence-corrected chi connectivity index (χ3v) is 3.46. The Morgan fingerprint density at radius 2 is 1.87 bits per heavy atom. The molecular weight excluding hydrogens is 293 g/mol. The zero-order valence-corrected chi connectivity index (χ0v) is 12.7. The summed E-state index contributed by atoms with van der Waals surface area (Å²) in [6.45, 7) is 1.60. The lowest BCUT2D eigenvalue weighted by atomic mass is 10.2. The first-order valence-electron chi connectivity index (χ1n) is 7.49. The van der Waals surface area contributed by atoms with Gasteiger partial charge in [0.05, 0.1) is 12.8 Å². The van der Waals surface area contributed by atoms with Gasteiger partial charge in [0.1, 0.15) is 23.9 Å². The van der Waals surface area contributed by atoms with Crippen LogP contribution < -0.4 is 10.1 Å². The predicted molar refractivity (Wildman–Crippen MR) is 86.4 cm³/mol. The highest BCUT2D eigenvalue weighted by Gasteiger charge is 2.03. The molecule has 3 nitrogen and oxygen atoms in total. The molecule has 0 aliphatic heterocycles. The van der Waals surface area contributed by atoms with E-state index in [1.54, 1.807) is 24.5 Å². The van der Waals surface area contributed by atoms with Gasteiger partial charge in [-0.25, -0.2) is 4.39 Å². The second kappa shape index (κ2) is 7.61. The van der Waals surface area contributed by atoms with Gasteiger partial charge in [-0.05, 0) is 35.9 Å². The summed E-state index contributed by atoms with van der Waals surface area (Å²) in [5, 5.41) is 3.30. The van der Waals surface area contributed by atoms with Crippen molar-refractivity contribution < 1.29 is 13.5 Å². The van der Waals surface area contributed by atoms with Crippen LogP contribution in [0.1, 0.15) is 16.9 Å². The fourth-order valence-electron chi connectivity index (χ4n) is 2.26. The van der Waals surface area contributed by atoms with Crippen molar-refractivity contribution in [2.45, 2.75) is 19.7 Å². The van der Waals surface area contributed by atoms with E-state index in [0.717, 1.165) is 17.1 Å². The number of halogens is 1. The quantitative estimate of drug-likeness (QED) is 0.707. The molecule has 4 heteroatoms. The number of rotatable bonds is 7. The summed E-state index contributed by atoms with van der Waals surface area (Å²) in [5.41, 5.74) is 1.65. The first kappa shape index (κ1) is 15.3. The van der Waals surface area contributed by atoms with Gasteiger partial charge in [0.25, 0.3) is 0 Å². The fourth-order valence-corrected chi connectivity index (χ4v) is 2.26. The number of benzene rings is 2. The summed E-state index contributed by atoms with van der Waals surface area (Å²) in [7, 11) is 0. The standard InChI is InChI=1S/C19H18FNO2/c20-19-9-2-1-6-16(19)14-23-17-7-3-5-15(11-17)12-21-13-18-8-4-10-22-18/h1-11,21H,12-14H2. The van der Waals surface area contributed by atoms with Crippen molar-refractivity contribution >= 4 is 0 Å². The van der Waals surface area contributed by atoms with Gasteiger partial charge in [-0.1, -0.05) is 30.3 Å². The van der Waals surface area contributed by atoms with E-state index in [1.165, 1.54) is 6.07 Å². The molecule has 1 N–H and O–H groups in total. The lowest BCUT2D eigenvalue weighted by molar-refractivity contribution is 0.299. The Bertz CT molecular complexity index is 741. The van der Waals surface area contributed by atoms with Crippen molar-refractivity contribution in [1.29, 1.82) is 0 Å². The molecule has 3 aromatic rings. The van der Waals surface area contributed by atoms with Crippen LogP contribution in [-0.4, -0.2) is 0 Å². The molecule has 3 rings (SSSR count). The molecule has 0 spiro atoms. The van der Waals surface area contributed by atoms with Gasteiger partial charge in [0.2, 0.25) is 0 Å². The highest BCUT2D eigenvalue weighted by atomic mass is 19.1. The van der Waals surface area contributed by atoms with Gasteiger partial charge in [-0.2, -0.15) is 0 Å². The van der Waals surface area contributed by atoms with Crippen LogP contribution in [0.25, 0.3) is 0 Å². The summed E-state index contributed by atoms with van der Waals surface area (Å²) in [6, 6.07) is 18.2. The van der Waals surface area contributed by atoms with Crippen molar-refractivity contribution in [3.63, 3.8) is 0 Å².